The van der Waals surface area contributed by atoms with Crippen molar-refractivity contribution in [1.29, 1.82) is 0 Å². The number of hydrogen-bond donors (Lipinski definition) is 2. The zero-order valence-electron chi connectivity index (χ0n) is 10.1. The summed E-state index contributed by atoms with van der Waals surface area (Å²) in [5.74, 6) is -0.218. The van der Waals surface area contributed by atoms with Crippen molar-refractivity contribution >= 4 is 29.0 Å². The second kappa shape index (κ2) is 5.67. The molecule has 2 aromatic rings. The van der Waals surface area contributed by atoms with Crippen LogP contribution in [-0.2, 0) is 0 Å². The first kappa shape index (κ1) is 13.3. The normalized spacial score (nSPS) is 10.1. The molecular formula is C13H11ClFN3O. The first-order chi connectivity index (χ1) is 9.10. The summed E-state index contributed by atoms with van der Waals surface area (Å²) >= 11 is 5.94. The van der Waals surface area contributed by atoms with Gasteiger partial charge in [-0.2, -0.15) is 0 Å². The predicted molar refractivity (Wildman–Crippen MR) is 73.1 cm³/mol. The van der Waals surface area contributed by atoms with E-state index in [1.807, 2.05) is 0 Å². The van der Waals surface area contributed by atoms with Crippen LogP contribution in [0.5, 0.6) is 0 Å². The summed E-state index contributed by atoms with van der Waals surface area (Å²) in [5, 5.41) is 5.78. The van der Waals surface area contributed by atoms with Crippen molar-refractivity contribution in [2.45, 2.75) is 0 Å². The van der Waals surface area contributed by atoms with Crippen molar-refractivity contribution in [3.63, 3.8) is 0 Å². The van der Waals surface area contributed by atoms with Crippen molar-refractivity contribution in [2.75, 3.05) is 17.7 Å². The Balaban J connectivity index is 2.16. The van der Waals surface area contributed by atoms with Crippen LogP contribution < -0.4 is 10.6 Å². The zero-order valence-corrected chi connectivity index (χ0v) is 10.8. The van der Waals surface area contributed by atoms with Crippen molar-refractivity contribution in [3.05, 3.63) is 52.9 Å². The van der Waals surface area contributed by atoms with Crippen LogP contribution in [0.4, 0.5) is 15.9 Å². The van der Waals surface area contributed by atoms with Crippen LogP contribution in [0, 0.1) is 5.82 Å². The summed E-state index contributed by atoms with van der Waals surface area (Å²) in [6.07, 6.45) is 1.41. The van der Waals surface area contributed by atoms with E-state index in [1.54, 1.807) is 7.05 Å². The summed E-state index contributed by atoms with van der Waals surface area (Å²) in [6, 6.07) is 7.00. The molecule has 0 fully saturated rings. The van der Waals surface area contributed by atoms with E-state index >= 15 is 0 Å². The van der Waals surface area contributed by atoms with E-state index in [4.69, 9.17) is 11.6 Å². The van der Waals surface area contributed by atoms with Crippen molar-refractivity contribution in [1.82, 2.24) is 4.98 Å². The predicted octanol–water partition coefficient (Wildman–Crippen LogP) is 3.17. The van der Waals surface area contributed by atoms with Gasteiger partial charge < -0.3 is 10.6 Å². The Bertz CT molecular complexity index is 601. The molecule has 2 rings (SSSR count). The number of carbonyl (C=O) groups excluding carboxylic acids is 1. The minimum atomic E-state index is -0.360. The molecule has 0 spiro atoms. The average molecular weight is 280 g/mol. The summed E-state index contributed by atoms with van der Waals surface area (Å²) in [4.78, 5) is 15.9. The Labute approximate surface area is 114 Å². The molecule has 4 nitrogen and oxygen atoms in total. The van der Waals surface area contributed by atoms with Crippen LogP contribution in [0.3, 0.4) is 0 Å². The van der Waals surface area contributed by atoms with E-state index in [9.17, 15) is 9.18 Å². The van der Waals surface area contributed by atoms with Crippen LogP contribution >= 0.6 is 11.6 Å². The fourth-order valence-corrected chi connectivity index (χ4v) is 1.74. The maximum absolute atomic E-state index is 12.7. The molecule has 6 heteroatoms. The molecule has 1 aromatic heterocycles. The molecular weight excluding hydrogens is 269 g/mol. The van der Waals surface area contributed by atoms with Crippen LogP contribution in [0.25, 0.3) is 0 Å². The van der Waals surface area contributed by atoms with Crippen LogP contribution in [0.1, 0.15) is 10.4 Å². The molecule has 2 N–H and O–H groups in total. The van der Waals surface area contributed by atoms with Crippen LogP contribution in [-0.4, -0.2) is 17.9 Å². The number of nitrogens with zero attached hydrogens (tertiary/aromatic N) is 1. The third kappa shape index (κ3) is 3.20. The summed E-state index contributed by atoms with van der Waals surface area (Å²) in [7, 11) is 1.69. The largest absolute Gasteiger partial charge is 0.372 e. The van der Waals surface area contributed by atoms with Gasteiger partial charge in [-0.3, -0.25) is 4.79 Å². The van der Waals surface area contributed by atoms with E-state index in [0.717, 1.165) is 0 Å². The van der Waals surface area contributed by atoms with E-state index in [1.165, 1.54) is 36.5 Å². The number of benzene rings is 1. The third-order valence-corrected chi connectivity index (χ3v) is 2.73. The minimum absolute atomic E-state index is 0.327. The highest BCUT2D eigenvalue weighted by molar-refractivity contribution is 6.33. The number of carbonyl (C=O) groups is 1. The van der Waals surface area contributed by atoms with Gasteiger partial charge in [0.05, 0.1) is 10.6 Å². The van der Waals surface area contributed by atoms with Crippen molar-refractivity contribution in [3.8, 4) is 0 Å². The molecule has 0 atom stereocenters. The van der Waals surface area contributed by atoms with Crippen LogP contribution in [0.15, 0.2) is 36.5 Å². The molecule has 1 amide bonds. The second-order valence-electron chi connectivity index (χ2n) is 3.77. The lowest BCUT2D eigenvalue weighted by atomic mass is 10.2. The second-order valence-corrected chi connectivity index (χ2v) is 4.17. The molecule has 0 radical (unpaired) electrons. The number of hydrogen-bond acceptors (Lipinski definition) is 3. The minimum Gasteiger partial charge on any atom is -0.372 e. The van der Waals surface area contributed by atoms with Crippen LogP contribution in [0.2, 0.25) is 5.02 Å². The molecule has 0 aliphatic carbocycles. The SMILES string of the molecule is CNc1ncc(C(=O)Nc2ccc(F)cc2)cc1Cl. The molecule has 0 unspecified atom stereocenters. The maximum atomic E-state index is 12.7. The Morgan fingerprint density at radius 1 is 1.32 bits per heavy atom. The number of halogens is 2. The number of pyridine rings is 1. The Morgan fingerprint density at radius 2 is 2.00 bits per heavy atom. The molecule has 0 saturated carbocycles. The Morgan fingerprint density at radius 3 is 2.58 bits per heavy atom. The molecule has 0 bridgehead atoms. The van der Waals surface area contributed by atoms with Gasteiger partial charge in [-0.25, -0.2) is 9.37 Å². The topological polar surface area (TPSA) is 54.0 Å². The molecule has 0 saturated heterocycles. The summed E-state index contributed by atoms with van der Waals surface area (Å²) in [6.45, 7) is 0. The fourth-order valence-electron chi connectivity index (χ4n) is 1.48. The third-order valence-electron chi connectivity index (χ3n) is 2.44. The van der Waals surface area contributed by atoms with Crippen molar-refractivity contribution < 1.29 is 9.18 Å². The summed E-state index contributed by atoms with van der Waals surface area (Å²) in [5.41, 5.74) is 0.827. The average Bonchev–Trinajstić information content (AvgIpc) is 2.41. The lowest BCUT2D eigenvalue weighted by Gasteiger charge is -2.07. The van der Waals surface area contributed by atoms with E-state index in [-0.39, 0.29) is 11.7 Å². The van der Waals surface area contributed by atoms with Gasteiger partial charge in [0, 0.05) is 18.9 Å². The number of rotatable bonds is 3. The molecule has 1 heterocycles. The van der Waals surface area contributed by atoms with Gasteiger partial charge in [-0.05, 0) is 30.3 Å². The number of anilines is 2. The van der Waals surface area contributed by atoms with Gasteiger partial charge in [-0.15, -0.1) is 0 Å². The quantitative estimate of drug-likeness (QED) is 0.907. The summed E-state index contributed by atoms with van der Waals surface area (Å²) < 4.78 is 12.7. The van der Waals surface area contributed by atoms with Gasteiger partial charge in [0.15, 0.2) is 0 Å². The standard InChI is InChI=1S/C13H11ClFN3O/c1-16-12-11(14)6-8(7-17-12)13(19)18-10-4-2-9(15)3-5-10/h2-7H,1H3,(H,16,17)(H,18,19). The van der Waals surface area contributed by atoms with E-state index < -0.39 is 0 Å². The van der Waals surface area contributed by atoms with Gasteiger partial charge in [0.25, 0.3) is 5.91 Å². The lowest BCUT2D eigenvalue weighted by Crippen LogP contribution is -2.12. The lowest BCUT2D eigenvalue weighted by molar-refractivity contribution is 0.102. The van der Waals surface area contributed by atoms with E-state index in [0.29, 0.717) is 22.1 Å². The first-order valence-electron chi connectivity index (χ1n) is 5.50. The maximum Gasteiger partial charge on any atom is 0.257 e. The fraction of sp³-hybridized carbons (Fsp3) is 0.0769. The highest BCUT2D eigenvalue weighted by Crippen LogP contribution is 2.20. The Hall–Kier alpha value is -2.14. The van der Waals surface area contributed by atoms with E-state index in [2.05, 4.69) is 15.6 Å². The monoisotopic (exact) mass is 279 g/mol. The molecule has 0 aliphatic rings. The van der Waals surface area contributed by atoms with Gasteiger partial charge >= 0.3 is 0 Å². The van der Waals surface area contributed by atoms with Gasteiger partial charge in [-0.1, -0.05) is 11.6 Å². The van der Waals surface area contributed by atoms with Crippen molar-refractivity contribution in [2.24, 2.45) is 0 Å². The molecule has 19 heavy (non-hydrogen) atoms. The number of nitrogens with one attached hydrogen (secondary N) is 2. The van der Waals surface area contributed by atoms with Gasteiger partial charge in [0.1, 0.15) is 11.6 Å². The smallest absolute Gasteiger partial charge is 0.257 e. The molecule has 0 aliphatic heterocycles. The first-order valence-corrected chi connectivity index (χ1v) is 5.88. The molecule has 98 valence electrons. The Kier molecular flexibility index (Phi) is 3.97. The highest BCUT2D eigenvalue weighted by atomic mass is 35.5. The number of amides is 1. The molecule has 1 aromatic carbocycles. The zero-order chi connectivity index (χ0) is 13.8. The number of aromatic nitrogens is 1. The van der Waals surface area contributed by atoms with Gasteiger partial charge in [0.2, 0.25) is 0 Å². The highest BCUT2D eigenvalue weighted by Gasteiger charge is 2.09.